The molecular formula is C12H22N2O2. The van der Waals surface area contributed by atoms with Gasteiger partial charge in [-0.3, -0.25) is 9.69 Å². The van der Waals surface area contributed by atoms with Gasteiger partial charge in [-0.05, 0) is 27.2 Å². The van der Waals surface area contributed by atoms with Crippen LogP contribution in [0.4, 0.5) is 0 Å². The van der Waals surface area contributed by atoms with Crippen molar-refractivity contribution in [3.8, 4) is 6.07 Å². The van der Waals surface area contributed by atoms with Gasteiger partial charge in [0, 0.05) is 19.0 Å². The van der Waals surface area contributed by atoms with Gasteiger partial charge in [0.05, 0.1) is 12.7 Å². The largest absolute Gasteiger partial charge is 0.465 e. The lowest BCUT2D eigenvalue weighted by molar-refractivity contribution is -0.150. The van der Waals surface area contributed by atoms with Crippen molar-refractivity contribution in [1.29, 1.82) is 5.26 Å². The molecule has 0 aromatic carbocycles. The number of ether oxygens (including phenoxy) is 1. The molecule has 0 spiro atoms. The number of hydrogen-bond donors (Lipinski definition) is 0. The van der Waals surface area contributed by atoms with Crippen molar-refractivity contribution in [3.05, 3.63) is 0 Å². The van der Waals surface area contributed by atoms with E-state index in [0.717, 1.165) is 0 Å². The summed E-state index contributed by atoms with van der Waals surface area (Å²) in [4.78, 5) is 13.8. The summed E-state index contributed by atoms with van der Waals surface area (Å²) in [6.07, 6.45) is 1.15. The van der Waals surface area contributed by atoms with E-state index in [1.807, 2.05) is 25.7 Å². The molecule has 92 valence electrons. The Morgan fingerprint density at radius 2 is 2.06 bits per heavy atom. The van der Waals surface area contributed by atoms with Gasteiger partial charge in [0.1, 0.15) is 6.04 Å². The van der Waals surface area contributed by atoms with Crippen LogP contribution in [-0.4, -0.2) is 36.1 Å². The molecule has 0 saturated carbocycles. The van der Waals surface area contributed by atoms with Gasteiger partial charge < -0.3 is 4.74 Å². The molecular weight excluding hydrogens is 204 g/mol. The summed E-state index contributed by atoms with van der Waals surface area (Å²) >= 11 is 0. The molecule has 1 unspecified atom stereocenters. The molecule has 1 atom stereocenters. The Kier molecular flexibility index (Phi) is 7.57. The van der Waals surface area contributed by atoms with Gasteiger partial charge in [0.25, 0.3) is 0 Å². The van der Waals surface area contributed by atoms with E-state index in [1.165, 1.54) is 0 Å². The first-order valence-corrected chi connectivity index (χ1v) is 5.87. The van der Waals surface area contributed by atoms with E-state index in [0.29, 0.717) is 26.0 Å². The van der Waals surface area contributed by atoms with Crippen LogP contribution in [0.5, 0.6) is 0 Å². The molecule has 4 heteroatoms. The summed E-state index contributed by atoms with van der Waals surface area (Å²) in [6, 6.07) is 2.12. The van der Waals surface area contributed by atoms with Gasteiger partial charge in [-0.15, -0.1) is 0 Å². The molecule has 0 bridgehead atoms. The second-order valence-corrected chi connectivity index (χ2v) is 3.92. The van der Waals surface area contributed by atoms with Crippen LogP contribution in [0.2, 0.25) is 0 Å². The minimum absolute atomic E-state index is 0.184. The Balaban J connectivity index is 4.58. The summed E-state index contributed by atoms with van der Waals surface area (Å²) in [5, 5.41) is 8.60. The Morgan fingerprint density at radius 3 is 2.44 bits per heavy atom. The topological polar surface area (TPSA) is 53.3 Å². The average Bonchev–Trinajstić information content (AvgIpc) is 2.23. The molecule has 0 saturated heterocycles. The van der Waals surface area contributed by atoms with Crippen LogP contribution in [0.15, 0.2) is 0 Å². The Bertz CT molecular complexity index is 246. The third-order valence-electron chi connectivity index (χ3n) is 2.49. The minimum atomic E-state index is -0.228. The maximum Gasteiger partial charge on any atom is 0.323 e. The fraction of sp³-hybridized carbons (Fsp3) is 0.833. The predicted octanol–water partition coefficient (Wildman–Crippen LogP) is 1.95. The van der Waals surface area contributed by atoms with Gasteiger partial charge in [-0.1, -0.05) is 6.92 Å². The van der Waals surface area contributed by atoms with E-state index < -0.39 is 0 Å². The lowest BCUT2D eigenvalue weighted by Gasteiger charge is -2.32. The summed E-state index contributed by atoms with van der Waals surface area (Å²) in [6.45, 7) is 8.84. The van der Waals surface area contributed by atoms with Crippen molar-refractivity contribution in [3.63, 3.8) is 0 Å². The summed E-state index contributed by atoms with van der Waals surface area (Å²) < 4.78 is 5.04. The smallest absolute Gasteiger partial charge is 0.323 e. The summed E-state index contributed by atoms with van der Waals surface area (Å²) in [5.41, 5.74) is 0. The van der Waals surface area contributed by atoms with Crippen molar-refractivity contribution in [1.82, 2.24) is 4.90 Å². The van der Waals surface area contributed by atoms with Crippen molar-refractivity contribution >= 4 is 5.97 Å². The monoisotopic (exact) mass is 226 g/mol. The van der Waals surface area contributed by atoms with Crippen LogP contribution in [-0.2, 0) is 9.53 Å². The predicted molar refractivity (Wildman–Crippen MR) is 62.8 cm³/mol. The number of carbonyl (C=O) groups is 1. The number of esters is 1. The lowest BCUT2D eigenvalue weighted by atomic mass is 10.1. The zero-order valence-corrected chi connectivity index (χ0v) is 10.7. The second-order valence-electron chi connectivity index (χ2n) is 3.92. The van der Waals surface area contributed by atoms with E-state index in [1.54, 1.807) is 6.92 Å². The highest BCUT2D eigenvalue weighted by molar-refractivity contribution is 5.75. The van der Waals surface area contributed by atoms with E-state index in [4.69, 9.17) is 10.00 Å². The Hall–Kier alpha value is -1.08. The average molecular weight is 226 g/mol. The van der Waals surface area contributed by atoms with E-state index in [9.17, 15) is 4.79 Å². The molecule has 0 aliphatic rings. The van der Waals surface area contributed by atoms with Gasteiger partial charge in [-0.25, -0.2) is 0 Å². The number of carbonyl (C=O) groups excluding carboxylic acids is 1. The SMILES string of the molecule is CCOC(=O)C(CC)N(CCC#N)C(C)C. The van der Waals surface area contributed by atoms with Crippen molar-refractivity contribution in [2.45, 2.75) is 52.6 Å². The Morgan fingerprint density at radius 1 is 1.44 bits per heavy atom. The molecule has 0 aromatic rings. The minimum Gasteiger partial charge on any atom is -0.465 e. The van der Waals surface area contributed by atoms with E-state index in [-0.39, 0.29) is 18.1 Å². The molecule has 4 nitrogen and oxygen atoms in total. The highest BCUT2D eigenvalue weighted by atomic mass is 16.5. The second kappa shape index (κ2) is 8.12. The molecule has 0 fully saturated rings. The first-order chi connectivity index (χ1) is 7.58. The van der Waals surface area contributed by atoms with Gasteiger partial charge in [0.15, 0.2) is 0 Å². The van der Waals surface area contributed by atoms with Crippen molar-refractivity contribution < 1.29 is 9.53 Å². The maximum atomic E-state index is 11.7. The molecule has 0 heterocycles. The number of nitrogens with zero attached hydrogens (tertiary/aromatic N) is 2. The first-order valence-electron chi connectivity index (χ1n) is 5.87. The lowest BCUT2D eigenvalue weighted by Crippen LogP contribution is -2.46. The standard InChI is InChI=1S/C12H22N2O2/c1-5-11(12(15)16-6-2)14(10(3)4)9-7-8-13/h10-11H,5-7,9H2,1-4H3. The van der Waals surface area contributed by atoms with Gasteiger partial charge in [0.2, 0.25) is 0 Å². The number of nitriles is 1. The van der Waals surface area contributed by atoms with Crippen LogP contribution in [0, 0.1) is 11.3 Å². The molecule has 0 aromatic heterocycles. The molecule has 0 rings (SSSR count). The highest BCUT2D eigenvalue weighted by Crippen LogP contribution is 2.11. The van der Waals surface area contributed by atoms with Gasteiger partial charge >= 0.3 is 5.97 Å². The van der Waals surface area contributed by atoms with Gasteiger partial charge in [-0.2, -0.15) is 5.26 Å². The van der Waals surface area contributed by atoms with Crippen molar-refractivity contribution in [2.24, 2.45) is 0 Å². The third kappa shape index (κ3) is 4.63. The fourth-order valence-corrected chi connectivity index (χ4v) is 1.73. The first kappa shape index (κ1) is 14.9. The fourth-order valence-electron chi connectivity index (χ4n) is 1.73. The molecule has 0 N–H and O–H groups in total. The third-order valence-corrected chi connectivity index (χ3v) is 2.49. The molecule has 0 aliphatic carbocycles. The molecule has 0 radical (unpaired) electrons. The number of hydrogen-bond acceptors (Lipinski definition) is 4. The summed E-state index contributed by atoms with van der Waals surface area (Å²) in [7, 11) is 0. The normalized spacial score (nSPS) is 12.6. The van der Waals surface area contributed by atoms with Crippen LogP contribution in [0.25, 0.3) is 0 Å². The van der Waals surface area contributed by atoms with Crippen LogP contribution < -0.4 is 0 Å². The Labute approximate surface area is 98.2 Å². The summed E-state index contributed by atoms with van der Waals surface area (Å²) in [5.74, 6) is -0.184. The van der Waals surface area contributed by atoms with Crippen molar-refractivity contribution in [2.75, 3.05) is 13.2 Å². The van der Waals surface area contributed by atoms with Crippen LogP contribution in [0.3, 0.4) is 0 Å². The van der Waals surface area contributed by atoms with Crippen LogP contribution >= 0.6 is 0 Å². The highest BCUT2D eigenvalue weighted by Gasteiger charge is 2.26. The van der Waals surface area contributed by atoms with E-state index >= 15 is 0 Å². The van der Waals surface area contributed by atoms with E-state index in [2.05, 4.69) is 6.07 Å². The molecule has 0 amide bonds. The number of rotatable bonds is 7. The molecule has 16 heavy (non-hydrogen) atoms. The zero-order chi connectivity index (χ0) is 12.6. The van der Waals surface area contributed by atoms with Crippen LogP contribution in [0.1, 0.15) is 40.5 Å². The quantitative estimate of drug-likeness (QED) is 0.623. The maximum absolute atomic E-state index is 11.7. The zero-order valence-electron chi connectivity index (χ0n) is 10.7. The molecule has 0 aliphatic heterocycles.